The number of rotatable bonds is 2. The topological polar surface area (TPSA) is 58.8 Å². The maximum Gasteiger partial charge on any atom is 0.278 e. The van der Waals surface area contributed by atoms with Crippen molar-refractivity contribution in [3.8, 4) is 0 Å². The van der Waals surface area contributed by atoms with Gasteiger partial charge in [0.2, 0.25) is 0 Å². The van der Waals surface area contributed by atoms with Crippen molar-refractivity contribution in [1.82, 2.24) is 14.7 Å². The fourth-order valence-corrected chi connectivity index (χ4v) is 3.15. The molecule has 5 nitrogen and oxygen atoms in total. The highest BCUT2D eigenvalue weighted by molar-refractivity contribution is 8.14. The number of fused-ring (bicyclic) bond motifs is 1. The van der Waals surface area contributed by atoms with Gasteiger partial charge < -0.3 is 0 Å². The summed E-state index contributed by atoms with van der Waals surface area (Å²) in [5.74, 6) is 0.729. The number of aromatic nitrogens is 2. The molecule has 0 spiro atoms. The number of hydrogen-bond acceptors (Lipinski definition) is 5. The molecule has 1 aliphatic heterocycles. The highest BCUT2D eigenvalue weighted by Crippen LogP contribution is 2.20. The maximum atomic E-state index is 12.3. The second kappa shape index (κ2) is 5.26. The van der Waals surface area contributed by atoms with E-state index in [9.17, 15) is 4.79 Å². The molecule has 0 aliphatic carbocycles. The number of aliphatic imine (C=N–C) groups is 1. The minimum atomic E-state index is -0.197. The van der Waals surface area contributed by atoms with E-state index in [2.05, 4.69) is 15.3 Å². The van der Waals surface area contributed by atoms with Crippen LogP contribution in [0.25, 0.3) is 5.52 Å². The third-order valence-corrected chi connectivity index (χ3v) is 4.26. The largest absolute Gasteiger partial charge is 0.300 e. The van der Waals surface area contributed by atoms with E-state index < -0.39 is 0 Å². The summed E-state index contributed by atoms with van der Waals surface area (Å²) >= 11 is 3.08. The summed E-state index contributed by atoms with van der Waals surface area (Å²) in [5, 5.41) is 4.31. The van der Waals surface area contributed by atoms with Gasteiger partial charge >= 0.3 is 0 Å². The fraction of sp³-hybridized carbons (Fsp3) is 0.250. The van der Waals surface area contributed by atoms with Crippen LogP contribution < -0.4 is 5.32 Å². The summed E-state index contributed by atoms with van der Waals surface area (Å²) in [7, 11) is 0. The van der Waals surface area contributed by atoms with E-state index in [1.54, 1.807) is 11.8 Å². The highest BCUT2D eigenvalue weighted by atomic mass is 32.2. The van der Waals surface area contributed by atoms with Crippen LogP contribution in [-0.4, -0.2) is 39.0 Å². The second-order valence-electron chi connectivity index (χ2n) is 3.89. The quantitative estimate of drug-likeness (QED) is 0.859. The maximum absolute atomic E-state index is 12.3. The fourth-order valence-electron chi connectivity index (χ4n) is 1.89. The molecule has 0 fully saturated rings. The summed E-state index contributed by atoms with van der Waals surface area (Å²) < 4.78 is 1.92. The first-order chi connectivity index (χ1) is 9.29. The van der Waals surface area contributed by atoms with Crippen LogP contribution in [0.5, 0.6) is 0 Å². The van der Waals surface area contributed by atoms with Gasteiger partial charge in [-0.1, -0.05) is 29.6 Å². The molecule has 0 radical (unpaired) electrons. The zero-order chi connectivity index (χ0) is 13.2. The summed E-state index contributed by atoms with van der Waals surface area (Å²) in [6.45, 7) is 0.764. The van der Waals surface area contributed by atoms with Gasteiger partial charge in [0, 0.05) is 11.9 Å². The molecule has 3 heterocycles. The van der Waals surface area contributed by atoms with E-state index in [1.807, 2.05) is 35.1 Å². The average Bonchev–Trinajstić information content (AvgIpc) is 3.05. The van der Waals surface area contributed by atoms with E-state index in [1.165, 1.54) is 11.8 Å². The Morgan fingerprint density at radius 1 is 1.53 bits per heavy atom. The number of hydrogen-bond donors (Lipinski definition) is 1. The molecule has 0 aromatic carbocycles. The third-order valence-electron chi connectivity index (χ3n) is 2.72. The first kappa shape index (κ1) is 12.6. The van der Waals surface area contributed by atoms with Gasteiger partial charge in [0.15, 0.2) is 16.0 Å². The van der Waals surface area contributed by atoms with E-state index >= 15 is 0 Å². The number of amides is 1. The molecule has 19 heavy (non-hydrogen) atoms. The van der Waals surface area contributed by atoms with Crippen LogP contribution in [0.4, 0.5) is 0 Å². The van der Waals surface area contributed by atoms with Gasteiger partial charge in [-0.2, -0.15) is 0 Å². The number of nitrogens with zero attached hydrogens (tertiary/aromatic N) is 3. The minimum absolute atomic E-state index is 0.197. The summed E-state index contributed by atoms with van der Waals surface area (Å²) in [5.41, 5.74) is 1.26. The minimum Gasteiger partial charge on any atom is -0.300 e. The van der Waals surface area contributed by atoms with Crippen molar-refractivity contribution in [2.75, 3.05) is 18.6 Å². The Balaban J connectivity index is 1.97. The Bertz CT molecular complexity index is 665. The second-order valence-corrected chi connectivity index (χ2v) is 5.75. The summed E-state index contributed by atoms with van der Waals surface area (Å²) in [4.78, 5) is 20.9. The Kier molecular flexibility index (Phi) is 3.48. The molecule has 1 aliphatic rings. The number of imidazole rings is 1. The Morgan fingerprint density at radius 2 is 2.42 bits per heavy atom. The lowest BCUT2D eigenvalue weighted by atomic mass is 10.3. The Hall–Kier alpha value is -1.47. The van der Waals surface area contributed by atoms with Gasteiger partial charge in [0.1, 0.15) is 0 Å². The van der Waals surface area contributed by atoms with Crippen LogP contribution in [-0.2, 0) is 0 Å². The molecule has 0 bridgehead atoms. The molecule has 0 saturated heterocycles. The van der Waals surface area contributed by atoms with Gasteiger partial charge in [0.05, 0.1) is 12.1 Å². The van der Waals surface area contributed by atoms with Crippen molar-refractivity contribution in [2.24, 2.45) is 4.99 Å². The smallest absolute Gasteiger partial charge is 0.278 e. The zero-order valence-electron chi connectivity index (χ0n) is 10.3. The van der Waals surface area contributed by atoms with Crippen LogP contribution in [0.3, 0.4) is 0 Å². The lowest BCUT2D eigenvalue weighted by Crippen LogP contribution is -2.27. The van der Waals surface area contributed by atoms with Crippen LogP contribution in [0.1, 0.15) is 10.5 Å². The van der Waals surface area contributed by atoms with E-state index in [0.717, 1.165) is 23.0 Å². The SMILES string of the molecule is CSc1nc(C(=O)NC2=NCCS2)c2ccccn12. The van der Waals surface area contributed by atoms with Gasteiger partial charge in [-0.3, -0.25) is 19.5 Å². The molecular formula is C12H12N4OS2. The van der Waals surface area contributed by atoms with Gasteiger partial charge in [-0.05, 0) is 18.4 Å². The lowest BCUT2D eigenvalue weighted by Gasteiger charge is -2.01. The number of nitrogens with one attached hydrogen (secondary N) is 1. The average molecular weight is 292 g/mol. The summed E-state index contributed by atoms with van der Waals surface area (Å²) in [6, 6.07) is 5.72. The van der Waals surface area contributed by atoms with Gasteiger partial charge in [0.25, 0.3) is 5.91 Å². The van der Waals surface area contributed by atoms with Crippen LogP contribution in [0.2, 0.25) is 0 Å². The molecule has 0 saturated carbocycles. The molecule has 98 valence electrons. The molecule has 1 amide bonds. The van der Waals surface area contributed by atoms with Crippen LogP contribution >= 0.6 is 23.5 Å². The standard InChI is InChI=1S/C12H12N4OS2/c1-18-12-14-9(8-4-2-3-6-16(8)12)10(17)15-11-13-5-7-19-11/h2-4,6H,5,7H2,1H3,(H,13,15,17). The van der Waals surface area contributed by atoms with E-state index in [0.29, 0.717) is 10.9 Å². The predicted octanol–water partition coefficient (Wildman–Crippen LogP) is 1.89. The first-order valence-corrected chi connectivity index (χ1v) is 8.00. The number of pyridine rings is 1. The number of carbonyl (C=O) groups is 1. The van der Waals surface area contributed by atoms with Crippen molar-refractivity contribution in [2.45, 2.75) is 5.16 Å². The van der Waals surface area contributed by atoms with Crippen molar-refractivity contribution < 1.29 is 4.79 Å². The van der Waals surface area contributed by atoms with Gasteiger partial charge in [-0.25, -0.2) is 4.98 Å². The summed E-state index contributed by atoms with van der Waals surface area (Å²) in [6.07, 6.45) is 3.85. The highest BCUT2D eigenvalue weighted by Gasteiger charge is 2.19. The first-order valence-electron chi connectivity index (χ1n) is 5.79. The number of thioether (sulfide) groups is 2. The molecule has 2 aromatic heterocycles. The normalized spacial score (nSPS) is 14.7. The van der Waals surface area contributed by atoms with Crippen molar-refractivity contribution >= 4 is 40.1 Å². The third kappa shape index (κ3) is 2.35. The molecule has 2 aromatic rings. The molecule has 0 atom stereocenters. The van der Waals surface area contributed by atoms with E-state index in [-0.39, 0.29) is 5.91 Å². The Labute approximate surface area is 118 Å². The van der Waals surface area contributed by atoms with Crippen molar-refractivity contribution in [3.05, 3.63) is 30.1 Å². The zero-order valence-corrected chi connectivity index (χ0v) is 11.9. The molecule has 1 N–H and O–H groups in total. The Morgan fingerprint density at radius 3 is 3.16 bits per heavy atom. The van der Waals surface area contributed by atoms with Crippen LogP contribution in [0.15, 0.2) is 34.5 Å². The lowest BCUT2D eigenvalue weighted by molar-refractivity contribution is 0.0975. The van der Waals surface area contributed by atoms with Crippen molar-refractivity contribution in [3.63, 3.8) is 0 Å². The molecule has 0 unspecified atom stereocenters. The molecule has 3 rings (SSSR count). The number of amidine groups is 1. The van der Waals surface area contributed by atoms with Gasteiger partial charge in [-0.15, -0.1) is 0 Å². The molecule has 7 heteroatoms. The molecular weight excluding hydrogens is 280 g/mol. The van der Waals surface area contributed by atoms with E-state index in [4.69, 9.17) is 0 Å². The predicted molar refractivity (Wildman–Crippen MR) is 79.2 cm³/mol. The van der Waals surface area contributed by atoms with Crippen LogP contribution in [0, 0.1) is 0 Å². The van der Waals surface area contributed by atoms with Crippen molar-refractivity contribution in [1.29, 1.82) is 0 Å². The monoisotopic (exact) mass is 292 g/mol. The number of carbonyl (C=O) groups excluding carboxylic acids is 1.